The minimum Gasteiger partial charge on any atom is -0.493 e. The van der Waals surface area contributed by atoms with Gasteiger partial charge in [0.25, 0.3) is 0 Å². The Morgan fingerprint density at radius 2 is 1.57 bits per heavy atom. The second kappa shape index (κ2) is 12.5. The summed E-state index contributed by atoms with van der Waals surface area (Å²) in [5.41, 5.74) is 10.3. The number of hydrogen-bond acceptors (Lipinski definition) is 8. The van der Waals surface area contributed by atoms with Crippen LogP contribution in [-0.2, 0) is 12.8 Å². The maximum Gasteiger partial charge on any atom is 0.203 e. The minimum atomic E-state index is 0.0778. The van der Waals surface area contributed by atoms with E-state index in [1.165, 1.54) is 16.0 Å². The molecule has 0 aliphatic carbocycles. The number of aryl methyl sites for hydroxylation is 1. The molecule has 0 bridgehead atoms. The Labute approximate surface area is 224 Å². The number of benzene rings is 2. The van der Waals surface area contributed by atoms with E-state index in [4.69, 9.17) is 29.4 Å². The van der Waals surface area contributed by atoms with Crippen LogP contribution in [0.2, 0.25) is 0 Å². The van der Waals surface area contributed by atoms with Gasteiger partial charge in [-0.15, -0.1) is 11.3 Å². The first-order valence-electron chi connectivity index (χ1n) is 12.6. The molecule has 0 spiro atoms. The summed E-state index contributed by atoms with van der Waals surface area (Å²) in [5, 5.41) is 2.20. The Hall–Kier alpha value is -2.94. The molecule has 7 nitrogen and oxygen atoms in total. The molecular weight excluding hydrogens is 488 g/mol. The normalized spacial score (nSPS) is 16.1. The van der Waals surface area contributed by atoms with Crippen molar-refractivity contribution in [1.29, 1.82) is 0 Å². The Morgan fingerprint density at radius 3 is 2.22 bits per heavy atom. The van der Waals surface area contributed by atoms with E-state index >= 15 is 0 Å². The van der Waals surface area contributed by atoms with Gasteiger partial charge in [0.1, 0.15) is 0 Å². The number of fused-ring (bicyclic) bond motifs is 1. The van der Waals surface area contributed by atoms with Crippen molar-refractivity contribution in [3.63, 3.8) is 0 Å². The fourth-order valence-corrected chi connectivity index (χ4v) is 6.03. The molecule has 0 saturated heterocycles. The van der Waals surface area contributed by atoms with Crippen molar-refractivity contribution in [3.05, 3.63) is 63.3 Å². The van der Waals surface area contributed by atoms with Crippen LogP contribution in [0.4, 0.5) is 0 Å². The topological polar surface area (TPSA) is 75.4 Å². The number of thiophene rings is 1. The zero-order chi connectivity index (χ0) is 26.4. The third-order valence-corrected chi connectivity index (χ3v) is 8.10. The molecule has 1 aliphatic rings. The van der Waals surface area contributed by atoms with Crippen LogP contribution in [0.5, 0.6) is 28.7 Å². The second-order valence-electron chi connectivity index (χ2n) is 9.22. The second-order valence-corrected chi connectivity index (χ2v) is 10.2. The van der Waals surface area contributed by atoms with Gasteiger partial charge >= 0.3 is 0 Å². The van der Waals surface area contributed by atoms with E-state index in [-0.39, 0.29) is 12.1 Å². The Balaban J connectivity index is 1.45. The molecule has 37 heavy (non-hydrogen) atoms. The van der Waals surface area contributed by atoms with Crippen LogP contribution in [0.25, 0.3) is 0 Å². The molecular formula is C29H38N2O5S. The van der Waals surface area contributed by atoms with Gasteiger partial charge in [0.15, 0.2) is 23.0 Å². The van der Waals surface area contributed by atoms with Crippen molar-refractivity contribution in [2.24, 2.45) is 5.73 Å². The zero-order valence-corrected chi connectivity index (χ0v) is 23.2. The van der Waals surface area contributed by atoms with E-state index < -0.39 is 0 Å². The smallest absolute Gasteiger partial charge is 0.203 e. The van der Waals surface area contributed by atoms with Crippen LogP contribution >= 0.6 is 11.3 Å². The predicted molar refractivity (Wildman–Crippen MR) is 148 cm³/mol. The summed E-state index contributed by atoms with van der Waals surface area (Å²) in [6.45, 7) is 1.93. The fourth-order valence-electron chi connectivity index (χ4n) is 5.13. The quantitative estimate of drug-likeness (QED) is 0.352. The van der Waals surface area contributed by atoms with Crippen molar-refractivity contribution in [2.75, 3.05) is 48.6 Å². The van der Waals surface area contributed by atoms with Crippen molar-refractivity contribution in [1.82, 2.24) is 4.90 Å². The summed E-state index contributed by atoms with van der Waals surface area (Å²) in [6.07, 6.45) is 3.69. The predicted octanol–water partition coefficient (Wildman–Crippen LogP) is 5.09. The Bertz CT molecular complexity index is 1160. The van der Waals surface area contributed by atoms with Gasteiger partial charge in [-0.1, -0.05) is 6.07 Å². The number of nitrogens with two attached hydrogens (primary N) is 1. The van der Waals surface area contributed by atoms with Gasteiger partial charge in [0.05, 0.1) is 41.6 Å². The molecule has 1 aromatic heterocycles. The van der Waals surface area contributed by atoms with Gasteiger partial charge in [-0.3, -0.25) is 4.90 Å². The number of rotatable bonds is 12. The lowest BCUT2D eigenvalue weighted by Gasteiger charge is -2.37. The molecule has 3 aromatic rings. The lowest BCUT2D eigenvalue weighted by Crippen LogP contribution is -2.38. The average molecular weight is 527 g/mol. The molecule has 2 atom stereocenters. The SMILES string of the molecule is COc1ccc(C2c3ccsc3CCN2CCC(N)CCc2cc(OC)c(OC)c(OC)c2)cc1OC. The van der Waals surface area contributed by atoms with Crippen LogP contribution in [0, 0.1) is 0 Å². The van der Waals surface area contributed by atoms with E-state index in [0.717, 1.165) is 55.8 Å². The third-order valence-electron chi connectivity index (χ3n) is 7.10. The van der Waals surface area contributed by atoms with Gasteiger partial charge in [-0.2, -0.15) is 0 Å². The maximum atomic E-state index is 6.63. The highest BCUT2D eigenvalue weighted by molar-refractivity contribution is 7.10. The van der Waals surface area contributed by atoms with Gasteiger partial charge in [0.2, 0.25) is 5.75 Å². The van der Waals surface area contributed by atoms with Crippen molar-refractivity contribution < 1.29 is 23.7 Å². The molecule has 1 aliphatic heterocycles. The molecule has 0 saturated carbocycles. The molecule has 8 heteroatoms. The number of ether oxygens (including phenoxy) is 5. The van der Waals surface area contributed by atoms with Crippen LogP contribution in [0.3, 0.4) is 0 Å². The largest absolute Gasteiger partial charge is 0.493 e. The summed E-state index contributed by atoms with van der Waals surface area (Å²) in [5.74, 6) is 3.45. The Kier molecular flexibility index (Phi) is 9.18. The van der Waals surface area contributed by atoms with Crippen LogP contribution in [-0.4, -0.2) is 59.6 Å². The van der Waals surface area contributed by atoms with Crippen LogP contribution < -0.4 is 29.4 Å². The van der Waals surface area contributed by atoms with Crippen molar-refractivity contribution in [2.45, 2.75) is 37.8 Å². The van der Waals surface area contributed by atoms with Crippen molar-refractivity contribution >= 4 is 11.3 Å². The molecule has 200 valence electrons. The van der Waals surface area contributed by atoms with Gasteiger partial charge in [0, 0.05) is 24.0 Å². The number of methoxy groups -OCH3 is 5. The fraction of sp³-hybridized carbons (Fsp3) is 0.448. The first kappa shape index (κ1) is 27.1. The zero-order valence-electron chi connectivity index (χ0n) is 22.4. The molecule has 0 fully saturated rings. The van der Waals surface area contributed by atoms with E-state index in [9.17, 15) is 0 Å². The molecule has 4 rings (SSSR count). The highest BCUT2D eigenvalue weighted by Gasteiger charge is 2.30. The highest BCUT2D eigenvalue weighted by Crippen LogP contribution is 2.41. The summed E-state index contributed by atoms with van der Waals surface area (Å²) < 4.78 is 27.5. The standard InChI is InChI=1S/C29H38N2O5S/c1-32-23-9-7-20(18-24(23)33-2)28-22-12-15-37-27(22)11-14-31(28)13-10-21(30)8-6-19-16-25(34-3)29(36-5)26(17-19)35-4/h7,9,12,15-18,21,28H,6,8,10-11,13-14,30H2,1-5H3. The molecule has 2 aromatic carbocycles. The molecule has 2 unspecified atom stereocenters. The van der Waals surface area contributed by atoms with E-state index in [2.05, 4.69) is 28.5 Å². The lowest BCUT2D eigenvalue weighted by atomic mass is 9.92. The van der Waals surface area contributed by atoms with Gasteiger partial charge < -0.3 is 29.4 Å². The minimum absolute atomic E-state index is 0.0778. The molecule has 0 amide bonds. The molecule has 0 radical (unpaired) electrons. The molecule has 2 heterocycles. The van der Waals surface area contributed by atoms with E-state index in [1.54, 1.807) is 35.5 Å². The van der Waals surface area contributed by atoms with Crippen LogP contribution in [0.1, 0.15) is 40.5 Å². The number of hydrogen-bond donors (Lipinski definition) is 1. The summed E-state index contributed by atoms with van der Waals surface area (Å²) in [4.78, 5) is 4.01. The van der Waals surface area contributed by atoms with E-state index in [0.29, 0.717) is 17.2 Å². The summed E-state index contributed by atoms with van der Waals surface area (Å²) in [6, 6.07) is 12.8. The molecule has 2 N–H and O–H groups in total. The highest BCUT2D eigenvalue weighted by atomic mass is 32.1. The summed E-state index contributed by atoms with van der Waals surface area (Å²) in [7, 11) is 8.24. The first-order chi connectivity index (χ1) is 18.0. The van der Waals surface area contributed by atoms with E-state index in [1.807, 2.05) is 29.5 Å². The Morgan fingerprint density at radius 1 is 0.865 bits per heavy atom. The van der Waals surface area contributed by atoms with Crippen molar-refractivity contribution in [3.8, 4) is 28.7 Å². The average Bonchev–Trinajstić information content (AvgIpc) is 3.42. The van der Waals surface area contributed by atoms with Gasteiger partial charge in [-0.05, 0) is 78.1 Å². The third kappa shape index (κ3) is 5.98. The first-order valence-corrected chi connectivity index (χ1v) is 13.5. The van der Waals surface area contributed by atoms with Gasteiger partial charge in [-0.25, -0.2) is 0 Å². The summed E-state index contributed by atoms with van der Waals surface area (Å²) >= 11 is 1.85. The number of nitrogens with zero attached hydrogens (tertiary/aromatic N) is 1. The monoisotopic (exact) mass is 526 g/mol. The maximum absolute atomic E-state index is 6.63. The lowest BCUT2D eigenvalue weighted by molar-refractivity contribution is 0.206. The van der Waals surface area contributed by atoms with Crippen LogP contribution in [0.15, 0.2) is 41.8 Å².